The first kappa shape index (κ1) is 27.1. The molecule has 0 aromatic rings. The fourth-order valence-electron chi connectivity index (χ4n) is 2.92. The Morgan fingerprint density at radius 3 is 2.31 bits per heavy atom. The summed E-state index contributed by atoms with van der Waals surface area (Å²) in [5.41, 5.74) is 15.1. The van der Waals surface area contributed by atoms with E-state index in [4.69, 9.17) is 27.2 Å². The highest BCUT2D eigenvalue weighted by Crippen LogP contribution is 2.28. The normalized spacial score (nSPS) is 23.2. The number of carboxylic acids is 1. The maximum Gasteiger partial charge on any atom is 0.451 e. The van der Waals surface area contributed by atoms with Crippen molar-refractivity contribution < 1.29 is 29.5 Å². The molecule has 1 fully saturated rings. The Morgan fingerprint density at radius 2 is 1.85 bits per heavy atom. The van der Waals surface area contributed by atoms with Crippen LogP contribution < -0.4 is 17.2 Å². The van der Waals surface area contributed by atoms with Crippen LogP contribution in [-0.4, -0.2) is 69.6 Å². The Labute approximate surface area is 164 Å². The third-order valence-electron chi connectivity index (χ3n) is 4.19. The van der Waals surface area contributed by atoms with Crippen LogP contribution in [0.15, 0.2) is 0 Å². The Balaban J connectivity index is 0. The summed E-state index contributed by atoms with van der Waals surface area (Å²) in [4.78, 5) is 35.9. The summed E-state index contributed by atoms with van der Waals surface area (Å²) in [6, 6.07) is -0.974. The first-order valence-electron chi connectivity index (χ1n) is 7.76. The third kappa shape index (κ3) is 8.06. The van der Waals surface area contributed by atoms with E-state index >= 15 is 0 Å². The standard InChI is InChI=1S/C13H25BN4O6.2ClH/c15-9(1-2-10(16)19)11(20)18-6-8(3-4-14(23)24)5-13(17,7-18)12(21)22;;/h8-9,23-24H,1-7,15,17H2,(H2,16,19)(H,21,22);2*1H/t8-,9-,13+;;/m0../s1. The number of nitrogens with zero attached hydrogens (tertiary/aromatic N) is 1. The van der Waals surface area contributed by atoms with Gasteiger partial charge in [-0.25, -0.2) is 0 Å². The number of primary amides is 1. The van der Waals surface area contributed by atoms with Crippen LogP contribution in [0.25, 0.3) is 0 Å². The molecule has 0 spiro atoms. The molecule has 0 bridgehead atoms. The van der Waals surface area contributed by atoms with Gasteiger partial charge in [0, 0.05) is 19.5 Å². The van der Waals surface area contributed by atoms with Crippen LogP contribution in [0.2, 0.25) is 6.32 Å². The maximum absolute atomic E-state index is 12.4. The van der Waals surface area contributed by atoms with Crippen molar-refractivity contribution in [1.29, 1.82) is 0 Å². The SMILES string of the molecule is Cl.Cl.NC(=O)CC[C@H](N)C(=O)N1C[C@@H](CCB(O)O)C[C@](N)(C(=O)O)C1. The van der Waals surface area contributed by atoms with Crippen molar-refractivity contribution in [2.75, 3.05) is 13.1 Å². The van der Waals surface area contributed by atoms with Crippen LogP contribution in [0.5, 0.6) is 0 Å². The highest BCUT2D eigenvalue weighted by Gasteiger charge is 2.44. The smallest absolute Gasteiger partial charge is 0.451 e. The Kier molecular flexibility index (Phi) is 12.1. The summed E-state index contributed by atoms with van der Waals surface area (Å²) < 4.78 is 0. The van der Waals surface area contributed by atoms with Crippen molar-refractivity contribution in [1.82, 2.24) is 4.90 Å². The second-order valence-electron chi connectivity index (χ2n) is 6.42. The third-order valence-corrected chi connectivity index (χ3v) is 4.19. The van der Waals surface area contributed by atoms with Gasteiger partial charge in [0.1, 0.15) is 5.54 Å². The van der Waals surface area contributed by atoms with Gasteiger partial charge in [-0.15, -0.1) is 24.8 Å². The number of carboxylic acid groups (broad SMARTS) is 1. The fourth-order valence-corrected chi connectivity index (χ4v) is 2.92. The van der Waals surface area contributed by atoms with Gasteiger partial charge in [0.25, 0.3) is 0 Å². The van der Waals surface area contributed by atoms with E-state index in [9.17, 15) is 19.5 Å². The number of aliphatic carboxylic acids is 1. The van der Waals surface area contributed by atoms with E-state index in [-0.39, 0.29) is 69.4 Å². The number of carbonyl (C=O) groups excluding carboxylic acids is 2. The summed E-state index contributed by atoms with van der Waals surface area (Å²) in [5, 5.41) is 27.3. The van der Waals surface area contributed by atoms with Gasteiger partial charge < -0.3 is 37.3 Å². The van der Waals surface area contributed by atoms with E-state index < -0.39 is 36.5 Å². The lowest BCUT2D eigenvalue weighted by atomic mass is 9.75. The number of carbonyl (C=O) groups is 3. The summed E-state index contributed by atoms with van der Waals surface area (Å²) in [6.45, 7) is 0.0334. The van der Waals surface area contributed by atoms with Crippen molar-refractivity contribution in [3.8, 4) is 0 Å². The average Bonchev–Trinajstić information content (AvgIpc) is 2.49. The Bertz CT molecular complexity index is 501. The zero-order valence-corrected chi connectivity index (χ0v) is 15.9. The topological polar surface area (TPSA) is 193 Å². The number of likely N-dealkylation sites (tertiary alicyclic amines) is 1. The van der Waals surface area contributed by atoms with Gasteiger partial charge in [-0.1, -0.05) is 6.42 Å². The summed E-state index contributed by atoms with van der Waals surface area (Å²) in [7, 11) is -1.51. The van der Waals surface area contributed by atoms with Gasteiger partial charge in [0.05, 0.1) is 6.04 Å². The van der Waals surface area contributed by atoms with E-state index in [2.05, 4.69) is 0 Å². The molecule has 9 N–H and O–H groups in total. The molecule has 1 aliphatic rings. The van der Waals surface area contributed by atoms with Gasteiger partial charge in [0.15, 0.2) is 0 Å². The van der Waals surface area contributed by atoms with Crippen LogP contribution in [-0.2, 0) is 14.4 Å². The van der Waals surface area contributed by atoms with Crippen LogP contribution in [0, 0.1) is 5.92 Å². The highest BCUT2D eigenvalue weighted by molar-refractivity contribution is 6.40. The number of rotatable bonds is 8. The maximum atomic E-state index is 12.4. The first-order chi connectivity index (χ1) is 11.0. The van der Waals surface area contributed by atoms with Gasteiger partial charge >= 0.3 is 13.1 Å². The lowest BCUT2D eigenvalue weighted by Gasteiger charge is -2.42. The Morgan fingerprint density at radius 1 is 1.27 bits per heavy atom. The molecule has 1 heterocycles. The molecule has 1 saturated heterocycles. The molecule has 26 heavy (non-hydrogen) atoms. The predicted octanol–water partition coefficient (Wildman–Crippen LogP) is -2.08. The van der Waals surface area contributed by atoms with E-state index in [1.807, 2.05) is 0 Å². The van der Waals surface area contributed by atoms with Gasteiger partial charge in [0.2, 0.25) is 11.8 Å². The van der Waals surface area contributed by atoms with E-state index in [0.717, 1.165) is 0 Å². The molecule has 3 atom stereocenters. The number of amides is 2. The van der Waals surface area contributed by atoms with Gasteiger partial charge in [-0.05, 0) is 25.1 Å². The lowest BCUT2D eigenvalue weighted by molar-refractivity contribution is -0.149. The monoisotopic (exact) mass is 416 g/mol. The molecule has 2 amide bonds. The van der Waals surface area contributed by atoms with Crippen LogP contribution >= 0.6 is 24.8 Å². The van der Waals surface area contributed by atoms with Crippen molar-refractivity contribution in [2.45, 2.75) is 43.6 Å². The molecule has 0 aromatic carbocycles. The van der Waals surface area contributed by atoms with Crippen LogP contribution in [0.4, 0.5) is 0 Å². The van der Waals surface area contributed by atoms with E-state index in [1.54, 1.807) is 0 Å². The zero-order valence-electron chi connectivity index (χ0n) is 14.2. The van der Waals surface area contributed by atoms with Gasteiger partial charge in [-0.2, -0.15) is 0 Å². The minimum absolute atomic E-state index is 0. The highest BCUT2D eigenvalue weighted by atomic mass is 35.5. The van der Waals surface area contributed by atoms with Gasteiger partial charge in [-0.3, -0.25) is 14.4 Å². The van der Waals surface area contributed by atoms with Crippen LogP contribution in [0.1, 0.15) is 25.7 Å². The number of hydrogen-bond donors (Lipinski definition) is 6. The van der Waals surface area contributed by atoms with E-state index in [0.29, 0.717) is 6.42 Å². The molecular weight excluding hydrogens is 390 g/mol. The lowest BCUT2D eigenvalue weighted by Crippen LogP contribution is -2.64. The summed E-state index contributed by atoms with van der Waals surface area (Å²) >= 11 is 0. The molecule has 152 valence electrons. The number of nitrogens with two attached hydrogens (primary N) is 3. The van der Waals surface area contributed by atoms with Crippen LogP contribution in [0.3, 0.4) is 0 Å². The Hall–Kier alpha value is -1.11. The molecule has 0 saturated carbocycles. The minimum atomic E-state index is -1.62. The number of hydrogen-bond acceptors (Lipinski definition) is 7. The molecular formula is C13H27BCl2N4O6. The van der Waals surface area contributed by atoms with Crippen molar-refractivity contribution >= 4 is 49.7 Å². The quantitative estimate of drug-likeness (QED) is 0.242. The second-order valence-corrected chi connectivity index (χ2v) is 6.42. The molecule has 10 nitrogen and oxygen atoms in total. The number of piperidine rings is 1. The minimum Gasteiger partial charge on any atom is -0.480 e. The molecule has 0 aromatic heterocycles. The largest absolute Gasteiger partial charge is 0.480 e. The molecule has 0 radical (unpaired) electrons. The molecule has 1 aliphatic heterocycles. The second kappa shape index (κ2) is 11.6. The molecule has 13 heteroatoms. The van der Waals surface area contributed by atoms with Crippen molar-refractivity contribution in [2.24, 2.45) is 23.1 Å². The zero-order chi connectivity index (χ0) is 18.5. The van der Waals surface area contributed by atoms with Crippen molar-refractivity contribution in [3.05, 3.63) is 0 Å². The molecule has 1 rings (SSSR count). The molecule has 0 aliphatic carbocycles. The summed E-state index contributed by atoms with van der Waals surface area (Å²) in [6.07, 6.45) is 0.499. The molecule has 0 unspecified atom stereocenters. The summed E-state index contributed by atoms with van der Waals surface area (Å²) in [5.74, 6) is -2.61. The predicted molar refractivity (Wildman–Crippen MR) is 99.8 cm³/mol. The average molecular weight is 417 g/mol. The van der Waals surface area contributed by atoms with E-state index in [1.165, 1.54) is 4.90 Å². The fraction of sp³-hybridized carbons (Fsp3) is 0.769. The number of halogens is 2. The van der Waals surface area contributed by atoms with Crippen molar-refractivity contribution in [3.63, 3.8) is 0 Å². The first-order valence-corrected chi connectivity index (χ1v) is 7.76.